The second kappa shape index (κ2) is 6.72. The van der Waals surface area contributed by atoms with Gasteiger partial charge in [-0.25, -0.2) is 0 Å². The maximum Gasteiger partial charge on any atom is 0.286 e. The highest BCUT2D eigenvalue weighted by molar-refractivity contribution is 8.18. The van der Waals surface area contributed by atoms with E-state index in [1.807, 2.05) is 47.8 Å². The number of thiophene rings is 1. The number of nitrogens with one attached hydrogen (secondary N) is 1. The second-order valence-corrected chi connectivity index (χ2v) is 6.57. The largest absolute Gasteiger partial charge is 0.304 e. The van der Waals surface area contributed by atoms with E-state index in [4.69, 9.17) is 0 Å². The number of carbonyl (C=O) groups is 2. The van der Waals surface area contributed by atoms with E-state index in [9.17, 15) is 9.59 Å². The van der Waals surface area contributed by atoms with Crippen molar-refractivity contribution in [2.75, 3.05) is 0 Å². The van der Waals surface area contributed by atoms with Crippen LogP contribution in [0.5, 0.6) is 0 Å². The van der Waals surface area contributed by atoms with Gasteiger partial charge >= 0.3 is 0 Å². The molecule has 1 aromatic heterocycles. The number of thioether (sulfide) groups is 1. The van der Waals surface area contributed by atoms with Gasteiger partial charge < -0.3 is 5.32 Å². The Morgan fingerprint density at radius 1 is 1.18 bits per heavy atom. The van der Waals surface area contributed by atoms with Gasteiger partial charge in [-0.15, -0.1) is 11.3 Å². The molecule has 22 heavy (non-hydrogen) atoms. The van der Waals surface area contributed by atoms with E-state index in [2.05, 4.69) is 10.3 Å². The predicted molar refractivity (Wildman–Crippen MR) is 90.6 cm³/mol. The summed E-state index contributed by atoms with van der Waals surface area (Å²) in [4.78, 5) is 29.2. The third kappa shape index (κ3) is 3.72. The normalized spacial score (nSPS) is 15.9. The highest BCUT2D eigenvalue weighted by Gasteiger charge is 2.23. The fourth-order valence-corrected chi connectivity index (χ4v) is 3.46. The SMILES string of the molecule is O=C(Cc1ccccc1)NC1=NC(=O)/C(=C\c2cccs2)S1. The Kier molecular flexibility index (Phi) is 4.50. The number of nitrogens with zero attached hydrogens (tertiary/aromatic N) is 1. The first kappa shape index (κ1) is 14.7. The molecule has 6 heteroatoms. The van der Waals surface area contributed by atoms with Crippen molar-refractivity contribution in [2.45, 2.75) is 6.42 Å². The molecule has 1 aliphatic heterocycles. The zero-order chi connectivity index (χ0) is 15.4. The second-order valence-electron chi connectivity index (χ2n) is 4.56. The van der Waals surface area contributed by atoms with E-state index in [0.717, 1.165) is 10.4 Å². The molecular formula is C16H12N2O2S2. The summed E-state index contributed by atoms with van der Waals surface area (Å²) in [6.07, 6.45) is 2.05. The molecule has 3 rings (SSSR count). The summed E-state index contributed by atoms with van der Waals surface area (Å²) in [6, 6.07) is 13.3. The molecule has 2 aromatic rings. The first-order valence-corrected chi connectivity index (χ1v) is 8.30. The monoisotopic (exact) mass is 328 g/mol. The topological polar surface area (TPSA) is 58.5 Å². The van der Waals surface area contributed by atoms with E-state index in [0.29, 0.717) is 10.1 Å². The molecule has 0 radical (unpaired) electrons. The number of rotatable bonds is 3. The van der Waals surface area contributed by atoms with Gasteiger partial charge in [0.15, 0.2) is 5.17 Å². The molecule has 0 atom stereocenters. The molecule has 2 heterocycles. The van der Waals surface area contributed by atoms with Crippen LogP contribution in [-0.4, -0.2) is 17.0 Å². The molecule has 1 N–H and O–H groups in total. The van der Waals surface area contributed by atoms with Crippen molar-refractivity contribution in [1.82, 2.24) is 5.32 Å². The Bertz CT molecular complexity index is 750. The Balaban J connectivity index is 1.61. The molecule has 4 nitrogen and oxygen atoms in total. The molecule has 0 saturated heterocycles. The lowest BCUT2D eigenvalue weighted by atomic mass is 10.1. The number of amides is 2. The van der Waals surface area contributed by atoms with Crippen LogP contribution in [0.2, 0.25) is 0 Å². The number of hydrogen-bond acceptors (Lipinski definition) is 4. The fourth-order valence-electron chi connectivity index (χ4n) is 1.91. The van der Waals surface area contributed by atoms with Gasteiger partial charge in [0.05, 0.1) is 11.3 Å². The smallest absolute Gasteiger partial charge is 0.286 e. The average Bonchev–Trinajstić information content (AvgIpc) is 3.11. The molecule has 0 spiro atoms. The van der Waals surface area contributed by atoms with Crippen LogP contribution in [0.3, 0.4) is 0 Å². The van der Waals surface area contributed by atoms with Crippen molar-refractivity contribution < 1.29 is 9.59 Å². The summed E-state index contributed by atoms with van der Waals surface area (Å²) >= 11 is 2.74. The lowest BCUT2D eigenvalue weighted by molar-refractivity contribution is -0.119. The molecule has 2 amide bonds. The average molecular weight is 328 g/mol. The van der Waals surface area contributed by atoms with Gasteiger partial charge in [0.25, 0.3) is 5.91 Å². The Morgan fingerprint density at radius 2 is 2.00 bits per heavy atom. The van der Waals surface area contributed by atoms with Crippen LogP contribution in [0.4, 0.5) is 0 Å². The summed E-state index contributed by atoms with van der Waals surface area (Å²) in [7, 11) is 0. The maximum atomic E-state index is 12.0. The molecule has 1 aromatic carbocycles. The fraction of sp³-hybridized carbons (Fsp3) is 0.0625. The van der Waals surface area contributed by atoms with E-state index in [-0.39, 0.29) is 18.2 Å². The third-order valence-electron chi connectivity index (χ3n) is 2.89. The minimum atomic E-state index is -0.312. The van der Waals surface area contributed by atoms with Gasteiger partial charge in [-0.1, -0.05) is 36.4 Å². The molecule has 0 fully saturated rings. The molecular weight excluding hydrogens is 316 g/mol. The van der Waals surface area contributed by atoms with Crippen LogP contribution in [0.15, 0.2) is 57.7 Å². The summed E-state index contributed by atoms with van der Waals surface area (Å²) in [5.74, 6) is -0.490. The van der Waals surface area contributed by atoms with Crippen molar-refractivity contribution in [3.05, 3.63) is 63.2 Å². The predicted octanol–water partition coefficient (Wildman–Crippen LogP) is 3.08. The number of carbonyl (C=O) groups excluding carboxylic acids is 2. The molecule has 0 bridgehead atoms. The molecule has 0 saturated carbocycles. The molecule has 0 unspecified atom stereocenters. The van der Waals surface area contributed by atoms with E-state index < -0.39 is 0 Å². The summed E-state index contributed by atoms with van der Waals surface area (Å²) in [5.41, 5.74) is 0.921. The van der Waals surface area contributed by atoms with Gasteiger partial charge in [-0.3, -0.25) is 9.59 Å². The van der Waals surface area contributed by atoms with Crippen molar-refractivity contribution in [3.63, 3.8) is 0 Å². The van der Waals surface area contributed by atoms with E-state index in [1.54, 1.807) is 17.4 Å². The van der Waals surface area contributed by atoms with Crippen LogP contribution in [-0.2, 0) is 16.0 Å². The third-order valence-corrected chi connectivity index (χ3v) is 4.61. The summed E-state index contributed by atoms with van der Waals surface area (Å²) in [6.45, 7) is 0. The van der Waals surface area contributed by atoms with Crippen molar-refractivity contribution in [3.8, 4) is 0 Å². The van der Waals surface area contributed by atoms with Gasteiger partial charge in [-0.05, 0) is 34.8 Å². The number of aliphatic imine (C=N–C) groups is 1. The van der Waals surface area contributed by atoms with Crippen LogP contribution < -0.4 is 5.32 Å². The highest BCUT2D eigenvalue weighted by Crippen LogP contribution is 2.28. The zero-order valence-corrected chi connectivity index (χ0v) is 13.1. The molecule has 1 aliphatic rings. The Morgan fingerprint density at radius 3 is 2.73 bits per heavy atom. The standard InChI is InChI=1S/C16H12N2O2S2/c19-14(9-11-5-2-1-3-6-11)17-16-18-15(20)13(22-16)10-12-7-4-8-21-12/h1-8,10H,9H2,(H,17,18,19,20)/b13-10+. The van der Waals surface area contributed by atoms with E-state index >= 15 is 0 Å². The minimum absolute atomic E-state index is 0.178. The van der Waals surface area contributed by atoms with Gasteiger partial charge in [0.1, 0.15) is 0 Å². The minimum Gasteiger partial charge on any atom is -0.304 e. The van der Waals surface area contributed by atoms with E-state index in [1.165, 1.54) is 11.8 Å². The van der Waals surface area contributed by atoms with Gasteiger partial charge in [-0.2, -0.15) is 4.99 Å². The first-order valence-electron chi connectivity index (χ1n) is 6.60. The zero-order valence-electron chi connectivity index (χ0n) is 11.5. The van der Waals surface area contributed by atoms with Crippen LogP contribution in [0.1, 0.15) is 10.4 Å². The van der Waals surface area contributed by atoms with Crippen molar-refractivity contribution >= 4 is 46.2 Å². The highest BCUT2D eigenvalue weighted by atomic mass is 32.2. The Hall–Kier alpha value is -2.18. The van der Waals surface area contributed by atoms with Gasteiger partial charge in [0, 0.05) is 4.88 Å². The maximum absolute atomic E-state index is 12.0. The summed E-state index contributed by atoms with van der Waals surface area (Å²) < 4.78 is 0. The van der Waals surface area contributed by atoms with Gasteiger partial charge in [0.2, 0.25) is 5.91 Å². The first-order chi connectivity index (χ1) is 10.7. The van der Waals surface area contributed by atoms with Crippen LogP contribution >= 0.6 is 23.1 Å². The number of benzene rings is 1. The quantitative estimate of drug-likeness (QED) is 0.881. The lowest BCUT2D eigenvalue weighted by Crippen LogP contribution is -2.28. The Labute approximate surface area is 136 Å². The van der Waals surface area contributed by atoms with Crippen molar-refractivity contribution in [1.29, 1.82) is 0 Å². The molecule has 110 valence electrons. The molecule has 0 aliphatic carbocycles. The van der Waals surface area contributed by atoms with Crippen molar-refractivity contribution in [2.24, 2.45) is 4.99 Å². The number of amidine groups is 1. The lowest BCUT2D eigenvalue weighted by Gasteiger charge is -2.03. The number of hydrogen-bond donors (Lipinski definition) is 1. The van der Waals surface area contributed by atoms with Crippen LogP contribution in [0, 0.1) is 0 Å². The summed E-state index contributed by atoms with van der Waals surface area (Å²) in [5, 5.41) is 4.97. The van der Waals surface area contributed by atoms with Crippen LogP contribution in [0.25, 0.3) is 6.08 Å².